The fourth-order valence-corrected chi connectivity index (χ4v) is 6.30. The van der Waals surface area contributed by atoms with Crippen LogP contribution in [0.5, 0.6) is 0 Å². The molecule has 1 aromatic heterocycles. The number of likely N-dealkylation sites (N-methyl/N-ethyl adjacent to an activating group) is 1. The van der Waals surface area contributed by atoms with Gasteiger partial charge in [0.25, 0.3) is 0 Å². The van der Waals surface area contributed by atoms with Gasteiger partial charge in [-0.1, -0.05) is 25.1 Å². The predicted octanol–water partition coefficient (Wildman–Crippen LogP) is 7.16. The Balaban J connectivity index is 1.49. The molecular formula is C33H30FNO4. The van der Waals surface area contributed by atoms with Crippen LogP contribution in [-0.4, -0.2) is 24.5 Å². The van der Waals surface area contributed by atoms with Crippen LogP contribution in [0.25, 0.3) is 33.4 Å². The van der Waals surface area contributed by atoms with Crippen LogP contribution in [0.2, 0.25) is 0 Å². The molecule has 0 aliphatic heterocycles. The van der Waals surface area contributed by atoms with E-state index in [0.717, 1.165) is 41.9 Å². The predicted molar refractivity (Wildman–Crippen MR) is 148 cm³/mol. The maximum absolute atomic E-state index is 13.6. The Morgan fingerprint density at radius 2 is 1.72 bits per heavy atom. The molecule has 1 heterocycles. The minimum absolute atomic E-state index is 0.0967. The molecule has 4 aromatic rings. The molecule has 198 valence electrons. The normalized spacial score (nSPS) is 19.3. The summed E-state index contributed by atoms with van der Waals surface area (Å²) in [5.41, 5.74) is 4.67. The van der Waals surface area contributed by atoms with Gasteiger partial charge in [-0.05, 0) is 89.8 Å². The number of fused-ring (bicyclic) bond motifs is 1. The van der Waals surface area contributed by atoms with Crippen molar-refractivity contribution in [3.05, 3.63) is 83.2 Å². The van der Waals surface area contributed by atoms with Gasteiger partial charge in [-0.2, -0.15) is 0 Å². The summed E-state index contributed by atoms with van der Waals surface area (Å²) in [4.78, 5) is 38.8. The Morgan fingerprint density at radius 1 is 0.974 bits per heavy atom. The van der Waals surface area contributed by atoms with E-state index in [1.54, 1.807) is 32.2 Å². The first-order valence-corrected chi connectivity index (χ1v) is 13.5. The van der Waals surface area contributed by atoms with E-state index in [0.29, 0.717) is 39.8 Å². The molecule has 7 rings (SSSR count). The number of carbonyl (C=O) groups is 3. The van der Waals surface area contributed by atoms with E-state index < -0.39 is 0 Å². The minimum atomic E-state index is -0.378. The van der Waals surface area contributed by atoms with Crippen molar-refractivity contribution in [3.8, 4) is 22.5 Å². The molecule has 3 aliphatic rings. The van der Waals surface area contributed by atoms with Crippen molar-refractivity contribution in [2.24, 2.45) is 11.3 Å². The van der Waals surface area contributed by atoms with Crippen molar-refractivity contribution in [1.82, 2.24) is 5.32 Å². The SMILES string of the molecule is CCC(=O)c1c(-c2ccc(F)cc2)oc2cc(CC(=O)NC)c(-c3cccc(C(=O)CC45CC(C4)C5)c3)cc12. The Hall–Kier alpha value is -4.06. The van der Waals surface area contributed by atoms with Crippen molar-refractivity contribution >= 4 is 28.4 Å². The highest BCUT2D eigenvalue weighted by atomic mass is 19.1. The number of nitrogens with one attached hydrogen (secondary N) is 1. The van der Waals surface area contributed by atoms with Crippen molar-refractivity contribution in [3.63, 3.8) is 0 Å². The molecule has 0 atom stereocenters. The fourth-order valence-electron chi connectivity index (χ4n) is 6.30. The summed E-state index contributed by atoms with van der Waals surface area (Å²) in [5.74, 6) is 0.701. The lowest BCUT2D eigenvalue weighted by Crippen LogP contribution is -2.52. The van der Waals surface area contributed by atoms with E-state index >= 15 is 0 Å². The van der Waals surface area contributed by atoms with Gasteiger partial charge in [0.05, 0.1) is 12.0 Å². The Labute approximate surface area is 226 Å². The zero-order chi connectivity index (χ0) is 27.3. The molecule has 39 heavy (non-hydrogen) atoms. The van der Waals surface area contributed by atoms with Crippen molar-refractivity contribution in [2.75, 3.05) is 7.05 Å². The number of hydrogen-bond acceptors (Lipinski definition) is 4. The van der Waals surface area contributed by atoms with Crippen LogP contribution >= 0.6 is 0 Å². The summed E-state index contributed by atoms with van der Waals surface area (Å²) in [6.45, 7) is 1.79. The zero-order valence-electron chi connectivity index (χ0n) is 22.1. The third-order valence-corrected chi connectivity index (χ3v) is 8.45. The van der Waals surface area contributed by atoms with E-state index in [1.165, 1.54) is 12.1 Å². The highest BCUT2D eigenvalue weighted by molar-refractivity contribution is 6.13. The number of halogens is 1. The number of furan rings is 1. The lowest BCUT2D eigenvalue weighted by Gasteiger charge is -2.62. The molecule has 3 saturated carbocycles. The van der Waals surface area contributed by atoms with Crippen molar-refractivity contribution in [1.29, 1.82) is 0 Å². The summed E-state index contributed by atoms with van der Waals surface area (Å²) >= 11 is 0. The number of amides is 1. The number of Topliss-reactive ketones (excluding diaryl/α,β-unsaturated/α-hetero) is 2. The number of ketones is 2. The third-order valence-electron chi connectivity index (χ3n) is 8.45. The van der Waals surface area contributed by atoms with Gasteiger partial charge in [-0.15, -0.1) is 0 Å². The second kappa shape index (κ2) is 9.60. The van der Waals surface area contributed by atoms with Crippen LogP contribution in [0.3, 0.4) is 0 Å². The number of benzene rings is 3. The lowest BCUT2D eigenvalue weighted by molar-refractivity contribution is -0.119. The first kappa shape index (κ1) is 25.2. The van der Waals surface area contributed by atoms with Crippen LogP contribution in [0.15, 0.2) is 65.1 Å². The number of carbonyl (C=O) groups excluding carboxylic acids is 3. The largest absolute Gasteiger partial charge is 0.455 e. The molecule has 5 nitrogen and oxygen atoms in total. The summed E-state index contributed by atoms with van der Waals surface area (Å²) in [6.07, 6.45) is 4.44. The molecule has 0 saturated heterocycles. The molecular weight excluding hydrogens is 493 g/mol. The molecule has 0 unspecified atom stereocenters. The van der Waals surface area contributed by atoms with Crippen LogP contribution in [0.4, 0.5) is 4.39 Å². The smallest absolute Gasteiger partial charge is 0.224 e. The molecule has 0 spiro atoms. The van der Waals surface area contributed by atoms with Crippen LogP contribution in [0, 0.1) is 17.2 Å². The van der Waals surface area contributed by atoms with E-state index in [1.807, 2.05) is 30.3 Å². The second-order valence-electron chi connectivity index (χ2n) is 11.1. The van der Waals surface area contributed by atoms with Gasteiger partial charge >= 0.3 is 0 Å². The summed E-state index contributed by atoms with van der Waals surface area (Å²) in [6, 6.07) is 17.1. The minimum Gasteiger partial charge on any atom is -0.455 e. The van der Waals surface area contributed by atoms with Gasteiger partial charge in [0.15, 0.2) is 11.6 Å². The Morgan fingerprint density at radius 3 is 2.36 bits per heavy atom. The molecule has 1 amide bonds. The van der Waals surface area contributed by atoms with Gasteiger partial charge < -0.3 is 9.73 Å². The molecule has 3 aromatic carbocycles. The standard InChI is InChI=1S/C33H30FNO4/c1-3-27(36)31-26-14-25(21-5-4-6-22(11-21)28(37)18-33-15-19(16-33)17-33)23(13-30(38)35-2)12-29(26)39-32(31)20-7-9-24(34)10-8-20/h4-12,14,19H,3,13,15-18H2,1-2H3,(H,35,38). The van der Waals surface area contributed by atoms with Crippen LogP contribution < -0.4 is 5.32 Å². The zero-order valence-corrected chi connectivity index (χ0v) is 22.1. The summed E-state index contributed by atoms with van der Waals surface area (Å²) < 4.78 is 19.8. The topological polar surface area (TPSA) is 76.4 Å². The van der Waals surface area contributed by atoms with E-state index in [2.05, 4.69) is 5.32 Å². The fraction of sp³-hybridized carbons (Fsp3) is 0.303. The molecule has 0 radical (unpaired) electrons. The van der Waals surface area contributed by atoms with Crippen molar-refractivity contribution < 1.29 is 23.2 Å². The molecule has 2 bridgehead atoms. The monoisotopic (exact) mass is 523 g/mol. The lowest BCUT2D eigenvalue weighted by atomic mass is 9.43. The van der Waals surface area contributed by atoms with Crippen LogP contribution in [-0.2, 0) is 11.2 Å². The van der Waals surface area contributed by atoms with Gasteiger partial charge in [0.1, 0.15) is 17.2 Å². The first-order valence-electron chi connectivity index (χ1n) is 13.5. The highest BCUT2D eigenvalue weighted by Gasteiger charge is 2.56. The van der Waals surface area contributed by atoms with Gasteiger partial charge in [-0.25, -0.2) is 4.39 Å². The Bertz CT molecular complexity index is 1610. The summed E-state index contributed by atoms with van der Waals surface area (Å²) in [5, 5.41) is 3.30. The van der Waals surface area contributed by atoms with Crippen LogP contribution in [0.1, 0.15) is 65.3 Å². The average Bonchev–Trinajstić information content (AvgIpc) is 3.27. The van der Waals surface area contributed by atoms with E-state index in [4.69, 9.17) is 4.42 Å². The quantitative estimate of drug-likeness (QED) is 0.236. The van der Waals surface area contributed by atoms with E-state index in [9.17, 15) is 18.8 Å². The Kier molecular flexibility index (Phi) is 6.21. The van der Waals surface area contributed by atoms with Crippen molar-refractivity contribution in [2.45, 2.75) is 45.4 Å². The third kappa shape index (κ3) is 4.48. The van der Waals surface area contributed by atoms with E-state index in [-0.39, 0.29) is 41.5 Å². The first-order chi connectivity index (χ1) is 18.8. The molecule has 3 aliphatic carbocycles. The highest BCUT2D eigenvalue weighted by Crippen LogP contribution is 2.66. The molecule has 3 fully saturated rings. The van der Waals surface area contributed by atoms with Gasteiger partial charge in [0.2, 0.25) is 5.91 Å². The average molecular weight is 524 g/mol. The molecule has 1 N–H and O–H groups in total. The number of rotatable bonds is 9. The summed E-state index contributed by atoms with van der Waals surface area (Å²) in [7, 11) is 1.59. The van der Waals surface area contributed by atoms with Gasteiger partial charge in [-0.3, -0.25) is 14.4 Å². The van der Waals surface area contributed by atoms with Gasteiger partial charge in [0, 0.05) is 36.4 Å². The number of hydrogen-bond donors (Lipinski definition) is 1. The maximum atomic E-state index is 13.6. The maximum Gasteiger partial charge on any atom is 0.224 e. The molecule has 6 heteroatoms. The second-order valence-corrected chi connectivity index (χ2v) is 11.1.